The van der Waals surface area contributed by atoms with Crippen LogP contribution in [0.25, 0.3) is 0 Å². The number of hydrogen-bond acceptors (Lipinski definition) is 3. The SMILES string of the molecule is O=C(O)C1(CC2(O)CCCCC2)CCNC1. The Kier molecular flexibility index (Phi) is 3.22. The Morgan fingerprint density at radius 1 is 1.19 bits per heavy atom. The minimum absolute atomic E-state index is 0.419. The van der Waals surface area contributed by atoms with E-state index in [0.29, 0.717) is 19.4 Å². The predicted octanol–water partition coefficient (Wildman–Crippen LogP) is 1.14. The first-order valence-corrected chi connectivity index (χ1v) is 6.23. The fourth-order valence-electron chi connectivity index (χ4n) is 3.17. The summed E-state index contributed by atoms with van der Waals surface area (Å²) in [5, 5.41) is 22.9. The number of nitrogens with one attached hydrogen (secondary N) is 1. The van der Waals surface area contributed by atoms with E-state index in [1.165, 1.54) is 6.42 Å². The molecule has 0 amide bonds. The van der Waals surface area contributed by atoms with Crippen LogP contribution in [0.5, 0.6) is 0 Å². The van der Waals surface area contributed by atoms with Crippen molar-refractivity contribution in [3.05, 3.63) is 0 Å². The van der Waals surface area contributed by atoms with E-state index in [-0.39, 0.29) is 0 Å². The molecular formula is C12H21NO3. The second-order valence-corrected chi connectivity index (χ2v) is 5.47. The predicted molar refractivity (Wildman–Crippen MR) is 60.2 cm³/mol. The van der Waals surface area contributed by atoms with Crippen LogP contribution in [0.3, 0.4) is 0 Å². The Labute approximate surface area is 96.0 Å². The smallest absolute Gasteiger partial charge is 0.311 e. The van der Waals surface area contributed by atoms with Crippen LogP contribution < -0.4 is 5.32 Å². The van der Waals surface area contributed by atoms with E-state index in [9.17, 15) is 15.0 Å². The molecule has 16 heavy (non-hydrogen) atoms. The highest BCUT2D eigenvalue weighted by Crippen LogP contribution is 2.41. The molecule has 1 saturated heterocycles. The summed E-state index contributed by atoms with van der Waals surface area (Å²) >= 11 is 0. The topological polar surface area (TPSA) is 69.6 Å². The van der Waals surface area contributed by atoms with Gasteiger partial charge in [-0.2, -0.15) is 0 Å². The van der Waals surface area contributed by atoms with Crippen LogP contribution in [-0.2, 0) is 4.79 Å². The van der Waals surface area contributed by atoms with Gasteiger partial charge in [0.2, 0.25) is 0 Å². The highest BCUT2D eigenvalue weighted by atomic mass is 16.4. The van der Waals surface area contributed by atoms with E-state index in [4.69, 9.17) is 0 Å². The summed E-state index contributed by atoms with van der Waals surface area (Å²) in [6.45, 7) is 1.26. The summed E-state index contributed by atoms with van der Waals surface area (Å²) in [5.41, 5.74) is -1.46. The molecule has 1 aliphatic carbocycles. The number of rotatable bonds is 3. The van der Waals surface area contributed by atoms with E-state index in [0.717, 1.165) is 32.2 Å². The Morgan fingerprint density at radius 2 is 1.88 bits per heavy atom. The highest BCUT2D eigenvalue weighted by molar-refractivity contribution is 5.75. The summed E-state index contributed by atoms with van der Waals surface area (Å²) in [4.78, 5) is 11.4. The molecule has 0 aromatic carbocycles. The molecule has 92 valence electrons. The molecule has 3 N–H and O–H groups in total. The largest absolute Gasteiger partial charge is 0.481 e. The second-order valence-electron chi connectivity index (χ2n) is 5.47. The number of carboxylic acid groups (broad SMARTS) is 1. The third kappa shape index (κ3) is 2.23. The molecular weight excluding hydrogens is 206 g/mol. The van der Waals surface area contributed by atoms with Gasteiger partial charge in [-0.25, -0.2) is 0 Å². The molecule has 1 saturated carbocycles. The molecule has 0 bridgehead atoms. The van der Waals surface area contributed by atoms with E-state index < -0.39 is 17.0 Å². The maximum atomic E-state index is 11.4. The molecule has 0 aromatic rings. The van der Waals surface area contributed by atoms with E-state index in [2.05, 4.69) is 5.32 Å². The highest BCUT2D eigenvalue weighted by Gasteiger charge is 2.47. The number of aliphatic hydroxyl groups is 1. The Morgan fingerprint density at radius 3 is 2.38 bits per heavy atom. The molecule has 4 heteroatoms. The molecule has 1 unspecified atom stereocenters. The van der Waals surface area contributed by atoms with Gasteiger partial charge in [0.25, 0.3) is 0 Å². The first-order chi connectivity index (χ1) is 7.56. The molecule has 1 heterocycles. The van der Waals surface area contributed by atoms with Gasteiger partial charge in [-0.15, -0.1) is 0 Å². The van der Waals surface area contributed by atoms with Crippen molar-refractivity contribution in [2.75, 3.05) is 13.1 Å². The average molecular weight is 227 g/mol. The summed E-state index contributed by atoms with van der Waals surface area (Å²) in [5.74, 6) is -0.753. The number of hydrogen-bond donors (Lipinski definition) is 3. The lowest BCUT2D eigenvalue weighted by Gasteiger charge is -2.38. The lowest BCUT2D eigenvalue weighted by atomic mass is 9.71. The van der Waals surface area contributed by atoms with Gasteiger partial charge in [0.1, 0.15) is 0 Å². The van der Waals surface area contributed by atoms with Crippen molar-refractivity contribution in [1.82, 2.24) is 5.32 Å². The van der Waals surface area contributed by atoms with E-state index in [1.54, 1.807) is 0 Å². The van der Waals surface area contributed by atoms with Crippen molar-refractivity contribution >= 4 is 5.97 Å². The van der Waals surface area contributed by atoms with Crippen LogP contribution in [-0.4, -0.2) is 34.9 Å². The van der Waals surface area contributed by atoms with Crippen molar-refractivity contribution in [2.45, 2.75) is 50.5 Å². The molecule has 0 radical (unpaired) electrons. The van der Waals surface area contributed by atoms with Gasteiger partial charge in [-0.05, 0) is 32.2 Å². The van der Waals surface area contributed by atoms with Crippen molar-refractivity contribution in [1.29, 1.82) is 0 Å². The minimum Gasteiger partial charge on any atom is -0.481 e. The maximum Gasteiger partial charge on any atom is 0.311 e. The molecule has 2 aliphatic rings. The summed E-state index contributed by atoms with van der Waals surface area (Å²) in [6, 6.07) is 0. The van der Waals surface area contributed by atoms with Crippen molar-refractivity contribution < 1.29 is 15.0 Å². The van der Waals surface area contributed by atoms with Gasteiger partial charge in [0, 0.05) is 6.54 Å². The standard InChI is InChI=1S/C12H21NO3/c14-10(15)11(6-7-13-9-11)8-12(16)4-2-1-3-5-12/h13,16H,1-9H2,(H,14,15). The Balaban J connectivity index is 2.07. The van der Waals surface area contributed by atoms with Gasteiger partial charge in [-0.3, -0.25) is 4.79 Å². The quantitative estimate of drug-likeness (QED) is 0.676. The zero-order valence-electron chi connectivity index (χ0n) is 9.67. The number of carboxylic acids is 1. The van der Waals surface area contributed by atoms with Crippen LogP contribution in [0.1, 0.15) is 44.9 Å². The Bertz CT molecular complexity index is 265. The van der Waals surface area contributed by atoms with Gasteiger partial charge in [-0.1, -0.05) is 19.3 Å². The molecule has 1 atom stereocenters. The van der Waals surface area contributed by atoms with Crippen LogP contribution in [0.2, 0.25) is 0 Å². The minimum atomic E-state index is -0.753. The third-order valence-electron chi connectivity index (χ3n) is 4.15. The number of carbonyl (C=O) groups is 1. The number of aliphatic carboxylic acids is 1. The monoisotopic (exact) mass is 227 g/mol. The second kappa shape index (κ2) is 4.34. The normalized spacial score (nSPS) is 33.8. The lowest BCUT2D eigenvalue weighted by molar-refractivity contribution is -0.153. The van der Waals surface area contributed by atoms with Crippen LogP contribution in [0.4, 0.5) is 0 Å². The van der Waals surface area contributed by atoms with Crippen molar-refractivity contribution in [3.63, 3.8) is 0 Å². The van der Waals surface area contributed by atoms with Gasteiger partial charge < -0.3 is 15.5 Å². The first-order valence-electron chi connectivity index (χ1n) is 6.23. The van der Waals surface area contributed by atoms with Crippen molar-refractivity contribution in [2.24, 2.45) is 5.41 Å². The zero-order chi connectivity index (χ0) is 11.6. The third-order valence-corrected chi connectivity index (χ3v) is 4.15. The molecule has 2 fully saturated rings. The maximum absolute atomic E-state index is 11.4. The van der Waals surface area contributed by atoms with Crippen LogP contribution in [0.15, 0.2) is 0 Å². The zero-order valence-corrected chi connectivity index (χ0v) is 9.67. The molecule has 0 spiro atoms. The van der Waals surface area contributed by atoms with Gasteiger partial charge in [0.05, 0.1) is 11.0 Å². The first kappa shape index (κ1) is 11.9. The summed E-state index contributed by atoms with van der Waals surface area (Å²) in [7, 11) is 0. The fourth-order valence-corrected chi connectivity index (χ4v) is 3.17. The molecule has 2 rings (SSSR count). The lowest BCUT2D eigenvalue weighted by Crippen LogP contribution is -2.44. The van der Waals surface area contributed by atoms with Crippen LogP contribution >= 0.6 is 0 Å². The van der Waals surface area contributed by atoms with Crippen LogP contribution in [0, 0.1) is 5.41 Å². The van der Waals surface area contributed by atoms with Gasteiger partial charge in [0.15, 0.2) is 0 Å². The van der Waals surface area contributed by atoms with E-state index >= 15 is 0 Å². The molecule has 1 aliphatic heterocycles. The molecule has 4 nitrogen and oxygen atoms in total. The Hall–Kier alpha value is -0.610. The fraction of sp³-hybridized carbons (Fsp3) is 0.917. The summed E-state index contributed by atoms with van der Waals surface area (Å²) in [6.07, 6.45) is 5.82. The van der Waals surface area contributed by atoms with Gasteiger partial charge >= 0.3 is 5.97 Å². The van der Waals surface area contributed by atoms with E-state index in [1.807, 2.05) is 0 Å². The average Bonchev–Trinajstić information content (AvgIpc) is 2.68. The van der Waals surface area contributed by atoms with Crippen molar-refractivity contribution in [3.8, 4) is 0 Å². The molecule has 0 aromatic heterocycles. The summed E-state index contributed by atoms with van der Waals surface area (Å²) < 4.78 is 0.